The lowest BCUT2D eigenvalue weighted by molar-refractivity contribution is -0.137. The molecule has 6 nitrogen and oxygen atoms in total. The molecule has 2 aromatic heterocycles. The maximum atomic E-state index is 12.9. The summed E-state index contributed by atoms with van der Waals surface area (Å²) in [5.41, 5.74) is 0.531. The highest BCUT2D eigenvalue weighted by Crippen LogP contribution is 2.33. The van der Waals surface area contributed by atoms with E-state index in [1.165, 1.54) is 12.3 Å². The summed E-state index contributed by atoms with van der Waals surface area (Å²) in [4.78, 5) is 20.4. The van der Waals surface area contributed by atoms with Crippen LogP contribution in [0.5, 0.6) is 0 Å². The fourth-order valence-corrected chi connectivity index (χ4v) is 3.15. The molecule has 0 saturated carbocycles. The van der Waals surface area contributed by atoms with Gasteiger partial charge in [0.2, 0.25) is 0 Å². The van der Waals surface area contributed by atoms with Crippen LogP contribution in [0.3, 0.4) is 0 Å². The van der Waals surface area contributed by atoms with E-state index in [2.05, 4.69) is 15.3 Å². The topological polar surface area (TPSA) is 69.0 Å². The van der Waals surface area contributed by atoms with Crippen molar-refractivity contribution in [3.05, 3.63) is 59.7 Å². The molecule has 1 unspecified atom stereocenters. The molecule has 0 fully saturated rings. The number of imidazole rings is 1. The number of amides is 1. The molecule has 0 bridgehead atoms. The van der Waals surface area contributed by atoms with Crippen molar-refractivity contribution in [3.8, 4) is 0 Å². The molecule has 1 aliphatic heterocycles. The summed E-state index contributed by atoms with van der Waals surface area (Å²) in [5.74, 6) is 0.259. The van der Waals surface area contributed by atoms with Gasteiger partial charge in [0, 0.05) is 18.9 Å². The second-order valence-corrected chi connectivity index (χ2v) is 6.22. The minimum atomic E-state index is -4.42. The van der Waals surface area contributed by atoms with E-state index in [1.54, 1.807) is 18.3 Å². The Morgan fingerprint density at radius 3 is 2.93 bits per heavy atom. The molecule has 1 amide bonds. The fourth-order valence-electron chi connectivity index (χ4n) is 3.15. The fraction of sp³-hybridized carbons (Fsp3) is 0.278. The van der Waals surface area contributed by atoms with Crippen molar-refractivity contribution in [2.45, 2.75) is 18.8 Å². The van der Waals surface area contributed by atoms with Crippen LogP contribution in [-0.4, -0.2) is 33.6 Å². The summed E-state index contributed by atoms with van der Waals surface area (Å²) in [7, 11) is 0. The zero-order chi connectivity index (χ0) is 19.0. The van der Waals surface area contributed by atoms with Crippen molar-refractivity contribution in [1.29, 1.82) is 0 Å². The number of carbonyl (C=O) groups is 1. The number of ether oxygens (including phenoxy) is 1. The first-order valence-corrected chi connectivity index (χ1v) is 8.27. The molecule has 140 valence electrons. The van der Waals surface area contributed by atoms with Crippen LogP contribution < -0.4 is 5.32 Å². The normalized spacial score (nSPS) is 16.9. The van der Waals surface area contributed by atoms with Crippen molar-refractivity contribution in [2.24, 2.45) is 0 Å². The third-order valence-corrected chi connectivity index (χ3v) is 4.42. The smallest absolute Gasteiger partial charge is 0.371 e. The molecule has 1 aliphatic rings. The van der Waals surface area contributed by atoms with Gasteiger partial charge in [-0.15, -0.1) is 0 Å². The summed E-state index contributed by atoms with van der Waals surface area (Å²) in [6, 6.07) is 6.53. The lowest BCUT2D eigenvalue weighted by atomic mass is 10.2. The highest BCUT2D eigenvalue weighted by Gasteiger charge is 2.32. The summed E-state index contributed by atoms with van der Waals surface area (Å²) in [6.45, 7) is 0.795. The summed E-state index contributed by atoms with van der Waals surface area (Å²) < 4.78 is 46.1. The number of hydrogen-bond donors (Lipinski definition) is 1. The Morgan fingerprint density at radius 2 is 2.19 bits per heavy atom. The van der Waals surface area contributed by atoms with Crippen molar-refractivity contribution in [1.82, 2.24) is 19.9 Å². The van der Waals surface area contributed by atoms with Crippen LogP contribution in [0.2, 0.25) is 0 Å². The standard InChI is InChI=1S/C18H15F3N4O2/c19-18(20,21)12-3-4-15-14(6-12)24-16-10-27-9-13(25(15)16)8-23-17(26)11-2-1-5-22-7-11/h1-7,13H,8-10H2,(H,23,26). The van der Waals surface area contributed by atoms with E-state index < -0.39 is 11.7 Å². The molecule has 4 rings (SSSR count). The molecule has 1 N–H and O–H groups in total. The lowest BCUT2D eigenvalue weighted by Crippen LogP contribution is -2.35. The molecule has 0 radical (unpaired) electrons. The number of rotatable bonds is 3. The second-order valence-electron chi connectivity index (χ2n) is 6.22. The molecule has 27 heavy (non-hydrogen) atoms. The second kappa shape index (κ2) is 6.66. The van der Waals surface area contributed by atoms with Crippen LogP contribution in [0.1, 0.15) is 27.8 Å². The van der Waals surface area contributed by atoms with Crippen LogP contribution in [0.15, 0.2) is 42.7 Å². The van der Waals surface area contributed by atoms with Crippen molar-refractivity contribution in [3.63, 3.8) is 0 Å². The van der Waals surface area contributed by atoms with Gasteiger partial charge in [-0.05, 0) is 30.3 Å². The van der Waals surface area contributed by atoms with Crippen LogP contribution in [-0.2, 0) is 17.5 Å². The maximum absolute atomic E-state index is 12.9. The van der Waals surface area contributed by atoms with Gasteiger partial charge in [0.1, 0.15) is 12.4 Å². The van der Waals surface area contributed by atoms with Crippen molar-refractivity contribution in [2.75, 3.05) is 13.2 Å². The number of alkyl halides is 3. The van der Waals surface area contributed by atoms with Crippen molar-refractivity contribution < 1.29 is 22.7 Å². The summed E-state index contributed by atoms with van der Waals surface area (Å²) in [5, 5.41) is 2.81. The van der Waals surface area contributed by atoms with Gasteiger partial charge in [-0.25, -0.2) is 4.98 Å². The van der Waals surface area contributed by atoms with Crippen molar-refractivity contribution >= 4 is 16.9 Å². The molecule has 9 heteroatoms. The molecular weight excluding hydrogens is 361 g/mol. The SMILES string of the molecule is O=C(NCC1COCc2nc3cc(C(F)(F)F)ccc3n21)c1cccnc1. The third-order valence-electron chi connectivity index (χ3n) is 4.42. The minimum absolute atomic E-state index is 0.211. The van der Waals surface area contributed by atoms with E-state index >= 15 is 0 Å². The number of hydrogen-bond acceptors (Lipinski definition) is 4. The highest BCUT2D eigenvalue weighted by molar-refractivity contribution is 5.93. The van der Waals surface area contributed by atoms with Gasteiger partial charge in [0.15, 0.2) is 0 Å². The maximum Gasteiger partial charge on any atom is 0.416 e. The first kappa shape index (κ1) is 17.5. The molecule has 0 saturated heterocycles. The molecule has 0 spiro atoms. The first-order chi connectivity index (χ1) is 12.9. The van der Waals surface area contributed by atoms with Gasteiger partial charge in [0.05, 0.1) is 34.8 Å². The number of carbonyl (C=O) groups excluding carboxylic acids is 1. The lowest BCUT2D eigenvalue weighted by Gasteiger charge is -2.26. The summed E-state index contributed by atoms with van der Waals surface area (Å²) in [6.07, 6.45) is -1.39. The average molecular weight is 376 g/mol. The predicted molar refractivity (Wildman–Crippen MR) is 90.0 cm³/mol. The zero-order valence-corrected chi connectivity index (χ0v) is 14.0. The van der Waals surface area contributed by atoms with E-state index in [1.807, 2.05) is 4.57 Å². The Balaban J connectivity index is 1.60. The average Bonchev–Trinajstić information content (AvgIpc) is 3.04. The van der Waals surface area contributed by atoms with E-state index in [4.69, 9.17) is 4.74 Å². The number of nitrogens with one attached hydrogen (secondary N) is 1. The quantitative estimate of drug-likeness (QED) is 0.763. The van der Waals surface area contributed by atoms with Crippen LogP contribution >= 0.6 is 0 Å². The Morgan fingerprint density at radius 1 is 1.33 bits per heavy atom. The van der Waals surface area contributed by atoms with Gasteiger partial charge in [-0.3, -0.25) is 9.78 Å². The summed E-state index contributed by atoms with van der Waals surface area (Å²) >= 11 is 0. The van der Waals surface area contributed by atoms with Gasteiger partial charge >= 0.3 is 6.18 Å². The number of aromatic nitrogens is 3. The monoisotopic (exact) mass is 376 g/mol. The molecule has 1 atom stereocenters. The molecule has 3 aromatic rings. The van der Waals surface area contributed by atoms with Crippen LogP contribution in [0.4, 0.5) is 13.2 Å². The van der Waals surface area contributed by atoms with E-state index in [-0.39, 0.29) is 30.6 Å². The molecule has 1 aromatic carbocycles. The third kappa shape index (κ3) is 3.37. The Hall–Kier alpha value is -2.94. The molecule has 0 aliphatic carbocycles. The van der Waals surface area contributed by atoms with Gasteiger partial charge in [-0.1, -0.05) is 0 Å². The molecular formula is C18H15F3N4O2. The van der Waals surface area contributed by atoms with Gasteiger partial charge in [0.25, 0.3) is 5.91 Å². The van der Waals surface area contributed by atoms with Gasteiger partial charge in [-0.2, -0.15) is 13.2 Å². The van der Waals surface area contributed by atoms with E-state index in [9.17, 15) is 18.0 Å². The van der Waals surface area contributed by atoms with Crippen LogP contribution in [0.25, 0.3) is 11.0 Å². The minimum Gasteiger partial charge on any atom is -0.371 e. The number of benzene rings is 1. The largest absolute Gasteiger partial charge is 0.416 e. The number of nitrogens with zero attached hydrogens (tertiary/aromatic N) is 3. The van der Waals surface area contributed by atoms with E-state index in [0.717, 1.165) is 12.1 Å². The Bertz CT molecular complexity index is 985. The Kier molecular flexibility index (Phi) is 4.31. The predicted octanol–water partition coefficient (Wildman–Crippen LogP) is 2.95. The number of pyridine rings is 1. The first-order valence-electron chi connectivity index (χ1n) is 8.27. The van der Waals surface area contributed by atoms with E-state index in [0.29, 0.717) is 23.5 Å². The Labute approximate surface area is 152 Å². The van der Waals surface area contributed by atoms with Crippen LogP contribution in [0, 0.1) is 0 Å². The zero-order valence-electron chi connectivity index (χ0n) is 14.0. The number of fused-ring (bicyclic) bond motifs is 3. The van der Waals surface area contributed by atoms with Gasteiger partial charge < -0.3 is 14.6 Å². The highest BCUT2D eigenvalue weighted by atomic mass is 19.4. The molecule has 3 heterocycles. The number of halogens is 3.